The van der Waals surface area contributed by atoms with Crippen molar-refractivity contribution in [3.8, 4) is 11.4 Å². The Morgan fingerprint density at radius 1 is 1.17 bits per heavy atom. The van der Waals surface area contributed by atoms with Gasteiger partial charge in [-0.3, -0.25) is 4.79 Å². The molecule has 1 aromatic heterocycles. The molecular weight excluding hydrogens is 514 g/mol. The van der Waals surface area contributed by atoms with E-state index in [1.807, 2.05) is 0 Å². The fraction of sp³-hybridized carbons (Fsp3) is 0.273. The first-order chi connectivity index (χ1) is 16.2. The van der Waals surface area contributed by atoms with E-state index in [9.17, 15) is 30.8 Å². The molecule has 0 saturated heterocycles. The number of carbonyl (C=O) groups excluding carboxylic acids is 1. The predicted molar refractivity (Wildman–Crippen MR) is 118 cm³/mol. The molecule has 0 bridgehead atoms. The summed E-state index contributed by atoms with van der Waals surface area (Å²) >= 11 is 5.93. The van der Waals surface area contributed by atoms with E-state index in [1.54, 1.807) is 0 Å². The number of nitrogens with zero attached hydrogens (tertiary/aromatic N) is 3. The minimum atomic E-state index is -4.70. The second-order valence-corrected chi connectivity index (χ2v) is 10.5. The van der Waals surface area contributed by atoms with Gasteiger partial charge in [-0.15, -0.1) is 0 Å². The van der Waals surface area contributed by atoms with Crippen LogP contribution in [0.25, 0.3) is 5.69 Å². The van der Waals surface area contributed by atoms with Gasteiger partial charge in [-0.1, -0.05) is 11.6 Å². The van der Waals surface area contributed by atoms with Gasteiger partial charge in [0, 0.05) is 29.6 Å². The van der Waals surface area contributed by atoms with Crippen LogP contribution in [0.5, 0.6) is 5.75 Å². The summed E-state index contributed by atoms with van der Waals surface area (Å²) in [5, 5.41) is 4.60. The number of aromatic nitrogens is 2. The van der Waals surface area contributed by atoms with Crippen LogP contribution in [0.2, 0.25) is 5.02 Å². The highest BCUT2D eigenvalue weighted by Gasteiger charge is 2.39. The summed E-state index contributed by atoms with van der Waals surface area (Å²) in [6.07, 6.45) is -4.49. The molecule has 0 aliphatic carbocycles. The molecule has 0 N–H and O–H groups in total. The Morgan fingerprint density at radius 2 is 1.89 bits per heavy atom. The summed E-state index contributed by atoms with van der Waals surface area (Å²) in [6.45, 7) is 0.774. The topological polar surface area (TPSA) is 81.5 Å². The molecule has 0 saturated carbocycles. The van der Waals surface area contributed by atoms with Gasteiger partial charge in [-0.25, -0.2) is 17.5 Å². The minimum Gasteiger partial charge on any atom is -0.480 e. The molecule has 1 amide bonds. The molecule has 35 heavy (non-hydrogen) atoms. The van der Waals surface area contributed by atoms with E-state index in [4.69, 9.17) is 16.3 Å². The van der Waals surface area contributed by atoms with Gasteiger partial charge in [-0.2, -0.15) is 18.3 Å². The van der Waals surface area contributed by atoms with Crippen molar-refractivity contribution in [1.82, 2.24) is 14.7 Å². The minimum absolute atomic E-state index is 0.0215. The second kappa shape index (κ2) is 8.83. The third-order valence-corrected chi connectivity index (χ3v) is 6.74. The van der Waals surface area contributed by atoms with E-state index in [1.165, 1.54) is 34.0 Å². The van der Waals surface area contributed by atoms with E-state index in [-0.39, 0.29) is 29.2 Å². The number of benzene rings is 2. The SMILES string of the molecule is C[C@H](Oc1ccc(S(C)(=O)=O)cc1C(=O)N1Cc2cn(-c3cc(Cl)ccc3F)nc2C1)C(F)(F)F. The first kappa shape index (κ1) is 25.0. The average Bonchev–Trinajstić information content (AvgIpc) is 3.33. The molecule has 0 spiro atoms. The molecule has 1 atom stereocenters. The van der Waals surface area contributed by atoms with Crippen molar-refractivity contribution < 1.29 is 35.5 Å². The number of ether oxygens (including phenoxy) is 1. The summed E-state index contributed by atoms with van der Waals surface area (Å²) in [5.74, 6) is -1.69. The molecule has 13 heteroatoms. The van der Waals surface area contributed by atoms with E-state index < -0.39 is 39.6 Å². The number of carbonyl (C=O) groups is 1. The molecule has 2 heterocycles. The van der Waals surface area contributed by atoms with Gasteiger partial charge < -0.3 is 9.64 Å². The fourth-order valence-corrected chi connectivity index (χ4v) is 4.33. The summed E-state index contributed by atoms with van der Waals surface area (Å²) in [6, 6.07) is 7.08. The van der Waals surface area contributed by atoms with Crippen LogP contribution < -0.4 is 4.74 Å². The predicted octanol–water partition coefficient (Wildman–Crippen LogP) is 4.55. The molecule has 0 radical (unpaired) electrons. The third-order valence-electron chi connectivity index (χ3n) is 5.40. The normalized spacial score (nSPS) is 14.7. The first-order valence-corrected chi connectivity index (χ1v) is 12.4. The fourth-order valence-electron chi connectivity index (χ4n) is 3.52. The lowest BCUT2D eigenvalue weighted by molar-refractivity contribution is -0.189. The number of halogens is 5. The summed E-state index contributed by atoms with van der Waals surface area (Å²) in [7, 11) is -3.75. The lowest BCUT2D eigenvalue weighted by Crippen LogP contribution is -2.33. The second-order valence-electron chi connectivity index (χ2n) is 8.03. The zero-order chi connectivity index (χ0) is 25.7. The van der Waals surface area contributed by atoms with E-state index in [0.29, 0.717) is 16.3 Å². The molecule has 2 aromatic carbocycles. The van der Waals surface area contributed by atoms with Crippen molar-refractivity contribution in [3.05, 3.63) is 70.3 Å². The Labute approximate surface area is 202 Å². The molecule has 4 rings (SSSR count). The summed E-state index contributed by atoms with van der Waals surface area (Å²) in [5.41, 5.74) is 0.816. The number of amides is 1. The summed E-state index contributed by atoms with van der Waals surface area (Å²) in [4.78, 5) is 14.3. The van der Waals surface area contributed by atoms with Crippen LogP contribution in [-0.4, -0.2) is 47.5 Å². The maximum Gasteiger partial charge on any atom is 0.425 e. The zero-order valence-electron chi connectivity index (χ0n) is 18.3. The Bertz CT molecular complexity index is 1400. The van der Waals surface area contributed by atoms with Crippen LogP contribution in [0.4, 0.5) is 17.6 Å². The van der Waals surface area contributed by atoms with E-state index in [0.717, 1.165) is 31.4 Å². The Balaban J connectivity index is 1.63. The van der Waals surface area contributed by atoms with E-state index >= 15 is 0 Å². The maximum atomic E-state index is 14.2. The Morgan fingerprint density at radius 3 is 2.51 bits per heavy atom. The number of fused-ring (bicyclic) bond motifs is 1. The van der Waals surface area contributed by atoms with Gasteiger partial charge in [-0.05, 0) is 43.3 Å². The van der Waals surface area contributed by atoms with Crippen molar-refractivity contribution in [3.63, 3.8) is 0 Å². The standard InChI is InChI=1S/C22H18ClF4N3O4S/c1-12(22(25,26)27)34-20-6-4-15(35(2,32)33)8-16(20)21(31)29-9-13-10-30(28-18(13)11-29)19-7-14(23)3-5-17(19)24/h3-8,10,12H,9,11H2,1-2H3/t12-/m0/s1. The smallest absolute Gasteiger partial charge is 0.425 e. The van der Waals surface area contributed by atoms with Gasteiger partial charge in [0.25, 0.3) is 5.91 Å². The highest BCUT2D eigenvalue weighted by atomic mass is 35.5. The molecule has 1 aliphatic heterocycles. The Hall–Kier alpha value is -3.12. The molecule has 186 valence electrons. The van der Waals surface area contributed by atoms with Crippen molar-refractivity contribution in [2.45, 2.75) is 37.2 Å². The zero-order valence-corrected chi connectivity index (χ0v) is 19.9. The van der Waals surface area contributed by atoms with Crippen LogP contribution in [0, 0.1) is 5.82 Å². The monoisotopic (exact) mass is 531 g/mol. The van der Waals surface area contributed by atoms with Crippen molar-refractivity contribution in [2.75, 3.05) is 6.26 Å². The number of hydrogen-bond acceptors (Lipinski definition) is 5. The van der Waals surface area contributed by atoms with E-state index in [2.05, 4.69) is 5.10 Å². The quantitative estimate of drug-likeness (QED) is 0.451. The molecular formula is C22H18ClF4N3O4S. The van der Waals surface area contributed by atoms with Gasteiger partial charge >= 0.3 is 6.18 Å². The van der Waals surface area contributed by atoms with Crippen molar-refractivity contribution >= 4 is 27.3 Å². The summed E-state index contributed by atoms with van der Waals surface area (Å²) < 4.78 is 83.6. The highest BCUT2D eigenvalue weighted by molar-refractivity contribution is 7.90. The van der Waals surface area contributed by atoms with Crippen LogP contribution in [0.1, 0.15) is 28.5 Å². The van der Waals surface area contributed by atoms with Gasteiger partial charge in [0.15, 0.2) is 15.9 Å². The van der Waals surface area contributed by atoms with Crippen molar-refractivity contribution in [2.24, 2.45) is 0 Å². The largest absolute Gasteiger partial charge is 0.480 e. The van der Waals surface area contributed by atoms with Gasteiger partial charge in [0.1, 0.15) is 17.3 Å². The number of rotatable bonds is 5. The van der Waals surface area contributed by atoms with Crippen LogP contribution in [-0.2, 0) is 22.9 Å². The molecule has 0 fully saturated rings. The van der Waals surface area contributed by atoms with Crippen LogP contribution in [0.15, 0.2) is 47.5 Å². The molecule has 7 nitrogen and oxygen atoms in total. The molecule has 1 aliphatic rings. The number of sulfone groups is 1. The van der Waals surface area contributed by atoms with Crippen LogP contribution in [0.3, 0.4) is 0 Å². The maximum absolute atomic E-state index is 14.2. The van der Waals surface area contributed by atoms with Gasteiger partial charge in [0.2, 0.25) is 0 Å². The lowest BCUT2D eigenvalue weighted by Gasteiger charge is -2.22. The Kier molecular flexibility index (Phi) is 6.30. The highest BCUT2D eigenvalue weighted by Crippen LogP contribution is 2.32. The number of hydrogen-bond donors (Lipinski definition) is 0. The lowest BCUT2D eigenvalue weighted by atomic mass is 10.1. The average molecular weight is 532 g/mol. The first-order valence-electron chi connectivity index (χ1n) is 10.1. The molecule has 3 aromatic rings. The third kappa shape index (κ3) is 5.13. The molecule has 0 unspecified atom stereocenters. The van der Waals surface area contributed by atoms with Crippen LogP contribution >= 0.6 is 11.6 Å². The van der Waals surface area contributed by atoms with Gasteiger partial charge in [0.05, 0.1) is 22.7 Å². The van der Waals surface area contributed by atoms with Crippen molar-refractivity contribution in [1.29, 1.82) is 0 Å². The number of alkyl halides is 3.